The molecule has 3 aromatic rings. The number of rotatable bonds is 5. The summed E-state index contributed by atoms with van der Waals surface area (Å²) in [6, 6.07) is 13.0. The molecule has 1 amide bonds. The number of halogens is 1. The lowest BCUT2D eigenvalue weighted by Gasteiger charge is -2.10. The van der Waals surface area contributed by atoms with Crippen LogP contribution in [0.1, 0.15) is 10.5 Å². The molecule has 0 saturated heterocycles. The van der Waals surface area contributed by atoms with Crippen LogP contribution in [0, 0.1) is 0 Å². The summed E-state index contributed by atoms with van der Waals surface area (Å²) in [6.45, 7) is 0. The fourth-order valence-electron chi connectivity index (χ4n) is 2.32. The first-order valence-corrected chi connectivity index (χ1v) is 9.03. The summed E-state index contributed by atoms with van der Waals surface area (Å²) in [4.78, 5) is 16.9. The maximum Gasteiger partial charge on any atom is 0.275 e. The van der Waals surface area contributed by atoms with E-state index in [9.17, 15) is 4.79 Å². The number of para-hydroxylation sites is 1. The number of nitrogens with zero attached hydrogens (tertiary/aromatic N) is 1. The minimum atomic E-state index is -0.262. The van der Waals surface area contributed by atoms with E-state index in [0.717, 1.165) is 10.0 Å². The third-order valence-corrected chi connectivity index (χ3v) is 4.82. The summed E-state index contributed by atoms with van der Waals surface area (Å²) in [7, 11) is 3.16. The molecule has 1 heterocycles. The number of benzene rings is 2. The zero-order valence-corrected chi connectivity index (χ0v) is 16.0. The second kappa shape index (κ2) is 7.67. The van der Waals surface area contributed by atoms with Crippen LogP contribution < -0.4 is 14.8 Å². The molecular weight excluding hydrogens is 404 g/mol. The quantitative estimate of drug-likeness (QED) is 0.643. The van der Waals surface area contributed by atoms with Crippen molar-refractivity contribution in [3.63, 3.8) is 0 Å². The molecule has 0 aliphatic carbocycles. The van der Waals surface area contributed by atoms with Gasteiger partial charge in [-0.3, -0.25) is 4.79 Å². The van der Waals surface area contributed by atoms with Crippen molar-refractivity contribution in [1.29, 1.82) is 0 Å². The maximum absolute atomic E-state index is 12.4. The van der Waals surface area contributed by atoms with Gasteiger partial charge < -0.3 is 14.8 Å². The molecule has 7 heteroatoms. The highest BCUT2D eigenvalue weighted by molar-refractivity contribution is 9.10. The number of thiazole rings is 1. The molecule has 0 fully saturated rings. The first kappa shape index (κ1) is 17.4. The third-order valence-electron chi connectivity index (χ3n) is 3.45. The molecule has 25 heavy (non-hydrogen) atoms. The van der Waals surface area contributed by atoms with Gasteiger partial charge in [0.05, 0.1) is 19.8 Å². The van der Waals surface area contributed by atoms with Crippen LogP contribution in [0.4, 0.5) is 5.69 Å². The molecule has 5 nitrogen and oxygen atoms in total. The number of hydrogen-bond donors (Lipinski definition) is 1. The van der Waals surface area contributed by atoms with Crippen molar-refractivity contribution in [2.75, 3.05) is 19.5 Å². The van der Waals surface area contributed by atoms with Gasteiger partial charge in [-0.25, -0.2) is 4.98 Å². The monoisotopic (exact) mass is 418 g/mol. The Hall–Kier alpha value is -2.38. The number of carbonyl (C=O) groups is 1. The molecule has 0 radical (unpaired) electrons. The number of amides is 1. The van der Waals surface area contributed by atoms with Gasteiger partial charge in [-0.2, -0.15) is 0 Å². The van der Waals surface area contributed by atoms with Gasteiger partial charge in [0, 0.05) is 15.5 Å². The number of ether oxygens (including phenoxy) is 2. The summed E-state index contributed by atoms with van der Waals surface area (Å²) in [5, 5.41) is 5.25. The van der Waals surface area contributed by atoms with E-state index in [1.165, 1.54) is 11.3 Å². The molecule has 0 saturated carbocycles. The van der Waals surface area contributed by atoms with Gasteiger partial charge in [0.2, 0.25) is 0 Å². The first-order valence-electron chi connectivity index (χ1n) is 7.36. The van der Waals surface area contributed by atoms with Crippen molar-refractivity contribution >= 4 is 38.9 Å². The van der Waals surface area contributed by atoms with E-state index in [0.29, 0.717) is 27.9 Å². The van der Waals surface area contributed by atoms with E-state index < -0.39 is 0 Å². The Labute approximate surface area is 157 Å². The van der Waals surface area contributed by atoms with Crippen molar-refractivity contribution in [1.82, 2.24) is 4.98 Å². The van der Waals surface area contributed by atoms with Crippen LogP contribution in [-0.2, 0) is 0 Å². The van der Waals surface area contributed by atoms with Gasteiger partial charge in [0.25, 0.3) is 5.91 Å². The van der Waals surface area contributed by atoms with Crippen molar-refractivity contribution in [2.45, 2.75) is 0 Å². The van der Waals surface area contributed by atoms with Crippen LogP contribution in [0.3, 0.4) is 0 Å². The second-order valence-corrected chi connectivity index (χ2v) is 6.82. The largest absolute Gasteiger partial charge is 0.493 e. The van der Waals surface area contributed by atoms with E-state index >= 15 is 0 Å². The van der Waals surface area contributed by atoms with Crippen molar-refractivity contribution in [3.8, 4) is 22.1 Å². The van der Waals surface area contributed by atoms with Gasteiger partial charge in [0.15, 0.2) is 11.5 Å². The lowest BCUT2D eigenvalue weighted by molar-refractivity contribution is 0.102. The summed E-state index contributed by atoms with van der Waals surface area (Å²) >= 11 is 4.76. The van der Waals surface area contributed by atoms with Gasteiger partial charge in [0.1, 0.15) is 10.7 Å². The normalized spacial score (nSPS) is 10.4. The van der Waals surface area contributed by atoms with Gasteiger partial charge in [-0.1, -0.05) is 28.1 Å². The third kappa shape index (κ3) is 3.83. The Kier molecular flexibility index (Phi) is 5.35. The molecule has 0 aliphatic rings. The Balaban J connectivity index is 1.86. The van der Waals surface area contributed by atoms with E-state index in [2.05, 4.69) is 26.2 Å². The van der Waals surface area contributed by atoms with Crippen LogP contribution >= 0.6 is 27.3 Å². The number of anilines is 1. The lowest BCUT2D eigenvalue weighted by Crippen LogP contribution is -2.12. The average molecular weight is 419 g/mol. The SMILES string of the molecule is COc1cccc(-c2nc(C(=O)Nc3cccc(Br)c3)cs2)c1OC. The van der Waals surface area contributed by atoms with Crippen molar-refractivity contribution < 1.29 is 14.3 Å². The van der Waals surface area contributed by atoms with Gasteiger partial charge >= 0.3 is 0 Å². The summed E-state index contributed by atoms with van der Waals surface area (Å²) in [5.41, 5.74) is 1.84. The van der Waals surface area contributed by atoms with Crippen LogP contribution in [0.25, 0.3) is 10.6 Å². The van der Waals surface area contributed by atoms with Gasteiger partial charge in [-0.15, -0.1) is 11.3 Å². The summed E-state index contributed by atoms with van der Waals surface area (Å²) < 4.78 is 11.6. The molecule has 1 aromatic heterocycles. The molecule has 0 atom stereocenters. The molecule has 1 N–H and O–H groups in total. The predicted octanol–water partition coefficient (Wildman–Crippen LogP) is 4.84. The van der Waals surface area contributed by atoms with Crippen LogP contribution in [-0.4, -0.2) is 25.1 Å². The number of aromatic nitrogens is 1. The molecule has 2 aromatic carbocycles. The zero-order valence-electron chi connectivity index (χ0n) is 13.6. The number of methoxy groups -OCH3 is 2. The topological polar surface area (TPSA) is 60.5 Å². The predicted molar refractivity (Wildman–Crippen MR) is 103 cm³/mol. The molecule has 128 valence electrons. The number of carbonyl (C=O) groups excluding carboxylic acids is 1. The summed E-state index contributed by atoms with van der Waals surface area (Å²) in [5.74, 6) is 0.955. The van der Waals surface area contributed by atoms with Crippen LogP contribution in [0.15, 0.2) is 52.3 Å². The Morgan fingerprint density at radius 2 is 1.96 bits per heavy atom. The van der Waals surface area contributed by atoms with Gasteiger partial charge in [-0.05, 0) is 30.3 Å². The minimum absolute atomic E-state index is 0.262. The standard InChI is InChI=1S/C18H15BrN2O3S/c1-23-15-8-4-7-13(16(15)24-2)18-21-14(10-25-18)17(22)20-12-6-3-5-11(19)9-12/h3-10H,1-2H3,(H,20,22). The molecule has 0 bridgehead atoms. The van der Waals surface area contributed by atoms with E-state index in [1.807, 2.05) is 42.5 Å². The minimum Gasteiger partial charge on any atom is -0.493 e. The highest BCUT2D eigenvalue weighted by Crippen LogP contribution is 2.39. The van der Waals surface area contributed by atoms with Crippen LogP contribution in [0.2, 0.25) is 0 Å². The van der Waals surface area contributed by atoms with Crippen molar-refractivity contribution in [3.05, 3.63) is 58.0 Å². The second-order valence-electron chi connectivity index (χ2n) is 5.04. The highest BCUT2D eigenvalue weighted by Gasteiger charge is 2.17. The average Bonchev–Trinajstić information content (AvgIpc) is 3.11. The molecule has 0 aliphatic heterocycles. The lowest BCUT2D eigenvalue weighted by atomic mass is 10.2. The number of nitrogens with one attached hydrogen (secondary N) is 1. The zero-order chi connectivity index (χ0) is 17.8. The number of hydrogen-bond acceptors (Lipinski definition) is 5. The Morgan fingerprint density at radius 1 is 1.16 bits per heavy atom. The van der Waals surface area contributed by atoms with Crippen LogP contribution in [0.5, 0.6) is 11.5 Å². The molecule has 0 unspecified atom stereocenters. The van der Waals surface area contributed by atoms with Crippen molar-refractivity contribution in [2.24, 2.45) is 0 Å². The molecule has 0 spiro atoms. The first-order chi connectivity index (χ1) is 12.1. The summed E-state index contributed by atoms with van der Waals surface area (Å²) in [6.07, 6.45) is 0. The fourth-order valence-corrected chi connectivity index (χ4v) is 3.54. The Bertz CT molecular complexity index is 911. The maximum atomic E-state index is 12.4. The van der Waals surface area contributed by atoms with E-state index in [-0.39, 0.29) is 5.91 Å². The fraction of sp³-hybridized carbons (Fsp3) is 0.111. The molecule has 3 rings (SSSR count). The highest BCUT2D eigenvalue weighted by atomic mass is 79.9. The van der Waals surface area contributed by atoms with E-state index in [1.54, 1.807) is 19.6 Å². The Morgan fingerprint density at radius 3 is 2.68 bits per heavy atom. The molecular formula is C18H15BrN2O3S. The van der Waals surface area contributed by atoms with E-state index in [4.69, 9.17) is 9.47 Å². The smallest absolute Gasteiger partial charge is 0.275 e.